The Bertz CT molecular complexity index is 542. The fraction of sp³-hybridized carbons (Fsp3) is 0.429. The third-order valence-electron chi connectivity index (χ3n) is 3.37. The van der Waals surface area contributed by atoms with Gasteiger partial charge in [-0.15, -0.1) is 0 Å². The number of nitrogens with one attached hydrogen (secondary N) is 1. The molecule has 2 N–H and O–H groups in total. The minimum atomic E-state index is -1.29. The van der Waals surface area contributed by atoms with Gasteiger partial charge < -0.3 is 19.9 Å². The molecule has 20 heavy (non-hydrogen) atoms. The topological polar surface area (TPSA) is 84.9 Å². The van der Waals surface area contributed by atoms with Crippen molar-refractivity contribution in [3.8, 4) is 11.5 Å². The Kier molecular flexibility index (Phi) is 3.83. The molecule has 1 aromatic rings. The van der Waals surface area contributed by atoms with E-state index in [9.17, 15) is 9.59 Å². The van der Waals surface area contributed by atoms with Crippen LogP contribution in [0.2, 0.25) is 0 Å². The van der Waals surface area contributed by atoms with E-state index in [1.165, 1.54) is 6.92 Å². The Morgan fingerprint density at radius 1 is 1.30 bits per heavy atom. The number of carbonyl (C=O) groups excluding carboxylic acids is 1. The average molecular weight is 279 g/mol. The number of rotatable bonds is 4. The molecule has 2 rings (SSSR count). The van der Waals surface area contributed by atoms with Crippen molar-refractivity contribution in [3.05, 3.63) is 23.8 Å². The number of amides is 1. The summed E-state index contributed by atoms with van der Waals surface area (Å²) in [5.41, 5.74) is -0.945. The Morgan fingerprint density at radius 3 is 2.55 bits per heavy atom. The number of hydrogen-bond acceptors (Lipinski definition) is 4. The van der Waals surface area contributed by atoms with Crippen LogP contribution in [0.25, 0.3) is 0 Å². The number of hydrogen-bond donors (Lipinski definition) is 2. The highest BCUT2D eigenvalue weighted by Gasteiger charge is 2.33. The lowest BCUT2D eigenvalue weighted by atomic mass is 9.98. The molecule has 1 aliphatic rings. The van der Waals surface area contributed by atoms with Gasteiger partial charge in [0.25, 0.3) is 5.91 Å². The van der Waals surface area contributed by atoms with Gasteiger partial charge in [-0.1, -0.05) is 6.92 Å². The molecule has 1 atom stereocenters. The van der Waals surface area contributed by atoms with Crippen molar-refractivity contribution < 1.29 is 24.2 Å². The first kappa shape index (κ1) is 14.2. The first-order valence-electron chi connectivity index (χ1n) is 6.42. The van der Waals surface area contributed by atoms with Crippen LogP contribution >= 0.6 is 0 Å². The summed E-state index contributed by atoms with van der Waals surface area (Å²) in [4.78, 5) is 23.3. The fourth-order valence-electron chi connectivity index (χ4n) is 1.80. The van der Waals surface area contributed by atoms with E-state index in [-0.39, 0.29) is 0 Å². The van der Waals surface area contributed by atoms with E-state index in [4.69, 9.17) is 14.6 Å². The second-order valence-corrected chi connectivity index (χ2v) is 4.80. The summed E-state index contributed by atoms with van der Waals surface area (Å²) in [7, 11) is 0. The Morgan fingerprint density at radius 2 is 1.95 bits per heavy atom. The minimum absolute atomic E-state index is 0.290. The van der Waals surface area contributed by atoms with Crippen LogP contribution in [0.3, 0.4) is 0 Å². The van der Waals surface area contributed by atoms with Gasteiger partial charge in [-0.25, -0.2) is 4.79 Å². The Labute approximate surface area is 116 Å². The third-order valence-corrected chi connectivity index (χ3v) is 3.37. The number of benzene rings is 1. The first-order chi connectivity index (χ1) is 9.46. The second kappa shape index (κ2) is 5.40. The zero-order valence-corrected chi connectivity index (χ0v) is 11.4. The third kappa shape index (κ3) is 2.68. The molecule has 0 saturated heterocycles. The van der Waals surface area contributed by atoms with Gasteiger partial charge >= 0.3 is 5.97 Å². The molecule has 1 aromatic carbocycles. The minimum Gasteiger partial charge on any atom is -0.486 e. The molecule has 0 aliphatic carbocycles. The molecule has 0 saturated carbocycles. The lowest BCUT2D eigenvalue weighted by Gasteiger charge is -2.25. The molecule has 6 nitrogen and oxygen atoms in total. The zero-order valence-electron chi connectivity index (χ0n) is 11.4. The molecule has 1 unspecified atom stereocenters. The second-order valence-electron chi connectivity index (χ2n) is 4.80. The van der Waals surface area contributed by atoms with Gasteiger partial charge in [0.2, 0.25) is 0 Å². The zero-order chi connectivity index (χ0) is 14.8. The summed E-state index contributed by atoms with van der Waals surface area (Å²) in [6.07, 6.45) is 0.290. The molecular formula is C14H17NO5. The molecule has 0 aromatic heterocycles. The fourth-order valence-corrected chi connectivity index (χ4v) is 1.80. The summed E-state index contributed by atoms with van der Waals surface area (Å²) in [5, 5.41) is 11.7. The van der Waals surface area contributed by atoms with E-state index in [2.05, 4.69) is 5.32 Å². The largest absolute Gasteiger partial charge is 0.486 e. The van der Waals surface area contributed by atoms with Crippen molar-refractivity contribution in [2.24, 2.45) is 0 Å². The average Bonchev–Trinajstić information content (AvgIpc) is 2.46. The smallest absolute Gasteiger partial charge is 0.329 e. The summed E-state index contributed by atoms with van der Waals surface area (Å²) >= 11 is 0. The van der Waals surface area contributed by atoms with E-state index in [0.29, 0.717) is 36.7 Å². The molecule has 0 bridgehead atoms. The van der Waals surface area contributed by atoms with Crippen LogP contribution in [-0.2, 0) is 4.79 Å². The van der Waals surface area contributed by atoms with E-state index >= 15 is 0 Å². The van der Waals surface area contributed by atoms with Crippen molar-refractivity contribution in [2.45, 2.75) is 25.8 Å². The highest BCUT2D eigenvalue weighted by Crippen LogP contribution is 2.30. The first-order valence-corrected chi connectivity index (χ1v) is 6.42. The summed E-state index contributed by atoms with van der Waals surface area (Å²) in [5.74, 6) is -0.429. The van der Waals surface area contributed by atoms with E-state index in [1.807, 2.05) is 0 Å². The molecule has 108 valence electrons. The molecule has 6 heteroatoms. The van der Waals surface area contributed by atoms with Crippen molar-refractivity contribution in [1.29, 1.82) is 0 Å². The monoisotopic (exact) mass is 279 g/mol. The van der Waals surface area contributed by atoms with Crippen LogP contribution < -0.4 is 14.8 Å². The Balaban J connectivity index is 2.19. The van der Waals surface area contributed by atoms with Crippen LogP contribution in [0.1, 0.15) is 30.6 Å². The van der Waals surface area contributed by atoms with Crippen LogP contribution in [0.4, 0.5) is 0 Å². The lowest BCUT2D eigenvalue weighted by molar-refractivity contribution is -0.143. The molecular weight excluding hydrogens is 262 g/mol. The molecule has 1 amide bonds. The maximum absolute atomic E-state index is 12.1. The Hall–Kier alpha value is -2.24. The number of carboxylic acid groups (broad SMARTS) is 1. The van der Waals surface area contributed by atoms with Crippen molar-refractivity contribution in [1.82, 2.24) is 5.32 Å². The standard InChI is InChI=1S/C14H17NO5/c1-3-14(2,13(17)18)15-12(16)9-4-5-10-11(8-9)20-7-6-19-10/h4-5,8H,3,6-7H2,1-2H3,(H,15,16)(H,17,18). The molecule has 0 fully saturated rings. The van der Waals surface area contributed by atoms with Crippen LogP contribution in [-0.4, -0.2) is 35.7 Å². The lowest BCUT2D eigenvalue weighted by Crippen LogP contribution is -2.51. The van der Waals surface area contributed by atoms with Crippen molar-refractivity contribution in [3.63, 3.8) is 0 Å². The number of aliphatic carboxylic acids is 1. The van der Waals surface area contributed by atoms with Crippen LogP contribution in [0.5, 0.6) is 11.5 Å². The normalized spacial score (nSPS) is 16.1. The van der Waals surface area contributed by atoms with Gasteiger partial charge in [0.15, 0.2) is 11.5 Å². The molecule has 0 spiro atoms. The van der Waals surface area contributed by atoms with Gasteiger partial charge in [-0.2, -0.15) is 0 Å². The van der Waals surface area contributed by atoms with Crippen LogP contribution in [0, 0.1) is 0 Å². The van der Waals surface area contributed by atoms with E-state index in [1.54, 1.807) is 25.1 Å². The van der Waals surface area contributed by atoms with Gasteiger partial charge in [0, 0.05) is 5.56 Å². The van der Waals surface area contributed by atoms with Crippen LogP contribution in [0.15, 0.2) is 18.2 Å². The van der Waals surface area contributed by atoms with Gasteiger partial charge in [0.1, 0.15) is 18.8 Å². The van der Waals surface area contributed by atoms with Gasteiger partial charge in [0.05, 0.1) is 0 Å². The molecule has 0 radical (unpaired) electrons. The number of carboxylic acids is 1. The summed E-state index contributed by atoms with van der Waals surface area (Å²) < 4.78 is 10.8. The number of ether oxygens (including phenoxy) is 2. The van der Waals surface area contributed by atoms with Crippen molar-refractivity contribution in [2.75, 3.05) is 13.2 Å². The quantitative estimate of drug-likeness (QED) is 0.871. The van der Waals surface area contributed by atoms with E-state index in [0.717, 1.165) is 0 Å². The number of carbonyl (C=O) groups is 2. The van der Waals surface area contributed by atoms with Gasteiger partial charge in [-0.3, -0.25) is 4.79 Å². The maximum atomic E-state index is 12.1. The molecule has 1 aliphatic heterocycles. The number of fused-ring (bicyclic) bond motifs is 1. The maximum Gasteiger partial charge on any atom is 0.329 e. The van der Waals surface area contributed by atoms with E-state index < -0.39 is 17.4 Å². The highest BCUT2D eigenvalue weighted by atomic mass is 16.6. The predicted octanol–water partition coefficient (Wildman–Crippen LogP) is 1.44. The van der Waals surface area contributed by atoms with Crippen molar-refractivity contribution >= 4 is 11.9 Å². The van der Waals surface area contributed by atoms with Gasteiger partial charge in [-0.05, 0) is 31.5 Å². The molecule has 1 heterocycles. The summed E-state index contributed by atoms with van der Waals surface area (Å²) in [6, 6.07) is 4.79. The highest BCUT2D eigenvalue weighted by molar-refractivity contribution is 5.98. The summed E-state index contributed by atoms with van der Waals surface area (Å²) in [6.45, 7) is 4.09. The SMILES string of the molecule is CCC(C)(NC(=O)c1ccc2c(c1)OCCO2)C(=O)O. The predicted molar refractivity (Wildman–Crippen MR) is 71.2 cm³/mol.